The van der Waals surface area contributed by atoms with Crippen molar-refractivity contribution >= 4 is 17.5 Å². The smallest absolute Gasteiger partial charge is 0.238 e. The molecule has 4 heteroatoms. The second-order valence-corrected chi connectivity index (χ2v) is 7.21. The van der Waals surface area contributed by atoms with Crippen LogP contribution < -0.4 is 4.90 Å². The molecule has 124 valence electrons. The molecule has 2 aromatic rings. The van der Waals surface area contributed by atoms with E-state index in [1.54, 1.807) is 12.4 Å². The number of carbonyl (C=O) groups is 2. The molecule has 1 aromatic heterocycles. The van der Waals surface area contributed by atoms with Gasteiger partial charge in [0.05, 0.1) is 17.5 Å². The summed E-state index contributed by atoms with van der Waals surface area (Å²) in [5.74, 6) is 0.185. The Morgan fingerprint density at radius 1 is 0.840 bits per heavy atom. The van der Waals surface area contributed by atoms with Gasteiger partial charge in [-0.2, -0.15) is 0 Å². The molecule has 1 saturated carbocycles. The zero-order valence-electron chi connectivity index (χ0n) is 13.7. The molecule has 0 N–H and O–H groups in total. The SMILES string of the molecule is O=C1[C@@H]2[C@H](C(=O)N1c1ccc(Cc3ccncc3)cc1)[C@H]1C=C[C@@H]2C1. The number of allylic oxidation sites excluding steroid dienone is 2. The van der Waals surface area contributed by atoms with E-state index in [1.807, 2.05) is 36.4 Å². The van der Waals surface area contributed by atoms with Crippen LogP contribution >= 0.6 is 0 Å². The molecule has 2 aliphatic carbocycles. The lowest BCUT2D eigenvalue weighted by Crippen LogP contribution is -2.32. The van der Waals surface area contributed by atoms with Gasteiger partial charge in [-0.25, -0.2) is 0 Å². The van der Waals surface area contributed by atoms with E-state index < -0.39 is 0 Å². The lowest BCUT2D eigenvalue weighted by atomic mass is 9.85. The lowest BCUT2D eigenvalue weighted by molar-refractivity contribution is -0.123. The summed E-state index contributed by atoms with van der Waals surface area (Å²) < 4.78 is 0. The van der Waals surface area contributed by atoms with Gasteiger partial charge in [0.15, 0.2) is 0 Å². The Morgan fingerprint density at radius 3 is 2.00 bits per heavy atom. The monoisotopic (exact) mass is 330 g/mol. The van der Waals surface area contributed by atoms with Crippen molar-refractivity contribution in [2.45, 2.75) is 12.8 Å². The Kier molecular flexibility index (Phi) is 3.14. The minimum absolute atomic E-state index is 0.0197. The molecule has 2 amide bonds. The van der Waals surface area contributed by atoms with E-state index in [9.17, 15) is 9.59 Å². The first-order valence-corrected chi connectivity index (χ1v) is 8.76. The van der Waals surface area contributed by atoms with E-state index in [-0.39, 0.29) is 35.5 Å². The van der Waals surface area contributed by atoms with Crippen LogP contribution in [0.1, 0.15) is 17.5 Å². The number of benzene rings is 1. The van der Waals surface area contributed by atoms with Gasteiger partial charge in [-0.15, -0.1) is 0 Å². The zero-order chi connectivity index (χ0) is 17.0. The van der Waals surface area contributed by atoms with Crippen molar-refractivity contribution < 1.29 is 9.59 Å². The lowest BCUT2D eigenvalue weighted by Gasteiger charge is -2.17. The first-order valence-electron chi connectivity index (χ1n) is 8.76. The molecular formula is C21H18N2O2. The first kappa shape index (κ1) is 14.6. The number of pyridine rings is 1. The highest BCUT2D eigenvalue weighted by Gasteiger charge is 2.59. The molecule has 0 radical (unpaired) electrons. The molecule has 5 rings (SSSR count). The van der Waals surface area contributed by atoms with E-state index in [4.69, 9.17) is 0 Å². The van der Waals surface area contributed by atoms with E-state index in [1.165, 1.54) is 10.5 Å². The second-order valence-electron chi connectivity index (χ2n) is 7.21. The zero-order valence-corrected chi connectivity index (χ0v) is 13.7. The summed E-state index contributed by atoms with van der Waals surface area (Å²) in [5, 5.41) is 0. The van der Waals surface area contributed by atoms with Gasteiger partial charge in [0, 0.05) is 12.4 Å². The largest absolute Gasteiger partial charge is 0.274 e. The van der Waals surface area contributed by atoms with Crippen LogP contribution in [0.15, 0.2) is 60.9 Å². The van der Waals surface area contributed by atoms with Gasteiger partial charge in [-0.3, -0.25) is 19.5 Å². The highest BCUT2D eigenvalue weighted by Crippen LogP contribution is 2.53. The summed E-state index contributed by atoms with van der Waals surface area (Å²) in [6.07, 6.45) is 9.59. The number of rotatable bonds is 3. The third kappa shape index (κ3) is 2.17. The van der Waals surface area contributed by atoms with Crippen molar-refractivity contribution in [3.8, 4) is 0 Å². The van der Waals surface area contributed by atoms with Gasteiger partial charge in [0.1, 0.15) is 0 Å². The Labute approximate surface area is 146 Å². The van der Waals surface area contributed by atoms with E-state index in [0.29, 0.717) is 5.69 Å². The number of anilines is 1. The minimum atomic E-state index is -0.140. The second kappa shape index (κ2) is 5.38. The molecule has 2 fully saturated rings. The maximum atomic E-state index is 12.8. The number of nitrogens with zero attached hydrogens (tertiary/aromatic N) is 2. The highest BCUT2D eigenvalue weighted by atomic mass is 16.2. The summed E-state index contributed by atoms with van der Waals surface area (Å²) in [4.78, 5) is 31.1. The topological polar surface area (TPSA) is 50.3 Å². The van der Waals surface area contributed by atoms with Crippen LogP contribution in [0.2, 0.25) is 0 Å². The molecule has 2 bridgehead atoms. The number of hydrogen-bond donors (Lipinski definition) is 0. The van der Waals surface area contributed by atoms with E-state index >= 15 is 0 Å². The van der Waals surface area contributed by atoms with Gasteiger partial charge in [0.2, 0.25) is 11.8 Å². The van der Waals surface area contributed by atoms with Crippen LogP contribution in [0.4, 0.5) is 5.69 Å². The standard InChI is InChI=1S/C21H18N2O2/c24-20-18-15-3-4-16(12-15)19(18)21(25)23(20)17-5-1-13(2-6-17)11-14-7-9-22-10-8-14/h1-10,15-16,18-19H,11-12H2/t15-,16+,18+,19-. The number of fused-ring (bicyclic) bond motifs is 5. The Balaban J connectivity index is 1.39. The van der Waals surface area contributed by atoms with E-state index in [2.05, 4.69) is 17.1 Å². The molecule has 2 heterocycles. The van der Waals surface area contributed by atoms with Crippen molar-refractivity contribution in [1.29, 1.82) is 0 Å². The summed E-state index contributed by atoms with van der Waals surface area (Å²) in [6.45, 7) is 0. The molecule has 1 aromatic carbocycles. The number of amides is 2. The summed E-state index contributed by atoms with van der Waals surface area (Å²) in [6, 6.07) is 11.8. The van der Waals surface area contributed by atoms with Crippen LogP contribution in [0.5, 0.6) is 0 Å². The fourth-order valence-corrected chi connectivity index (χ4v) is 4.66. The van der Waals surface area contributed by atoms with Gasteiger partial charge in [-0.1, -0.05) is 24.3 Å². The van der Waals surface area contributed by atoms with Crippen molar-refractivity contribution in [2.75, 3.05) is 4.90 Å². The molecule has 1 saturated heterocycles. The predicted molar refractivity (Wildman–Crippen MR) is 93.7 cm³/mol. The van der Waals surface area contributed by atoms with Gasteiger partial charge in [-0.05, 0) is 60.1 Å². The summed E-state index contributed by atoms with van der Waals surface area (Å²) in [7, 11) is 0. The van der Waals surface area contributed by atoms with E-state index in [0.717, 1.165) is 18.4 Å². The fourth-order valence-electron chi connectivity index (χ4n) is 4.66. The number of aromatic nitrogens is 1. The van der Waals surface area contributed by atoms with Crippen LogP contribution in [0, 0.1) is 23.7 Å². The predicted octanol–water partition coefficient (Wildman–Crippen LogP) is 2.98. The average Bonchev–Trinajstić information content (AvgIpc) is 3.31. The van der Waals surface area contributed by atoms with Crippen molar-refractivity contribution in [2.24, 2.45) is 23.7 Å². The average molecular weight is 330 g/mol. The van der Waals surface area contributed by atoms with Crippen LogP contribution in [-0.2, 0) is 16.0 Å². The molecule has 3 aliphatic rings. The third-order valence-electron chi connectivity index (χ3n) is 5.82. The number of hydrogen-bond acceptors (Lipinski definition) is 3. The normalized spacial score (nSPS) is 29.5. The van der Waals surface area contributed by atoms with Crippen molar-refractivity contribution in [1.82, 2.24) is 4.98 Å². The van der Waals surface area contributed by atoms with Crippen LogP contribution in [-0.4, -0.2) is 16.8 Å². The molecular weight excluding hydrogens is 312 g/mol. The molecule has 4 atom stereocenters. The fraction of sp³-hybridized carbons (Fsp3) is 0.286. The van der Waals surface area contributed by atoms with Gasteiger partial charge < -0.3 is 0 Å². The Morgan fingerprint density at radius 2 is 1.40 bits per heavy atom. The number of carbonyl (C=O) groups excluding carboxylic acids is 2. The first-order chi connectivity index (χ1) is 12.2. The molecule has 4 nitrogen and oxygen atoms in total. The van der Waals surface area contributed by atoms with Crippen LogP contribution in [0.3, 0.4) is 0 Å². The van der Waals surface area contributed by atoms with Crippen molar-refractivity contribution in [3.05, 3.63) is 72.1 Å². The van der Waals surface area contributed by atoms with Gasteiger partial charge in [0.25, 0.3) is 0 Å². The maximum Gasteiger partial charge on any atom is 0.238 e. The third-order valence-corrected chi connectivity index (χ3v) is 5.82. The molecule has 1 aliphatic heterocycles. The maximum absolute atomic E-state index is 12.8. The van der Waals surface area contributed by atoms with Gasteiger partial charge >= 0.3 is 0 Å². The summed E-state index contributed by atoms with van der Waals surface area (Å²) in [5.41, 5.74) is 3.03. The minimum Gasteiger partial charge on any atom is -0.274 e. The molecule has 25 heavy (non-hydrogen) atoms. The van der Waals surface area contributed by atoms with Crippen LogP contribution in [0.25, 0.3) is 0 Å². The quantitative estimate of drug-likeness (QED) is 0.642. The Bertz CT molecular complexity index is 843. The highest BCUT2D eigenvalue weighted by molar-refractivity contribution is 6.22. The number of imide groups is 1. The molecule has 0 unspecified atom stereocenters. The molecule has 0 spiro atoms. The summed E-state index contributed by atoms with van der Waals surface area (Å²) >= 11 is 0. The Hall–Kier alpha value is -2.75. The van der Waals surface area contributed by atoms with Crippen molar-refractivity contribution in [3.63, 3.8) is 0 Å².